The third-order valence-electron chi connectivity index (χ3n) is 1.10. The van der Waals surface area contributed by atoms with Gasteiger partial charge in [0.2, 0.25) is 11.7 Å². The molecule has 0 unspecified atom stereocenters. The van der Waals surface area contributed by atoms with E-state index in [0.717, 1.165) is 0 Å². The summed E-state index contributed by atoms with van der Waals surface area (Å²) in [6.07, 6.45) is -7.24. The van der Waals surface area contributed by atoms with E-state index in [0.29, 0.717) is 0 Å². The zero-order chi connectivity index (χ0) is 14.0. The van der Waals surface area contributed by atoms with Crippen LogP contribution >= 0.6 is 11.8 Å². The van der Waals surface area contributed by atoms with Gasteiger partial charge in [-0.3, -0.25) is 0 Å². The van der Waals surface area contributed by atoms with E-state index in [1.807, 2.05) is 0 Å². The molecular weight excluding hydrogens is 294 g/mol. The fourth-order valence-corrected chi connectivity index (χ4v) is 1.13. The smallest absolute Gasteiger partial charge is 0.198 e. The van der Waals surface area contributed by atoms with Crippen molar-refractivity contribution < 1.29 is 43.9 Å². The third kappa shape index (κ3) is 4.13. The maximum absolute atomic E-state index is 12.3. The Labute approximate surface area is 91.0 Å². The molecule has 11 heteroatoms. The van der Waals surface area contributed by atoms with Gasteiger partial charge in [0.05, 0.1) is 0 Å². The molecule has 0 aromatic carbocycles. The minimum Gasteiger partial charge on any atom is -0.198 e. The molecule has 0 heterocycles. The van der Waals surface area contributed by atoms with E-state index in [9.17, 15) is 43.9 Å². The maximum Gasteiger partial charge on any atom is 0.355 e. The molecule has 100 valence electrons. The lowest BCUT2D eigenvalue weighted by atomic mass is 10.6. The molecule has 17 heavy (non-hydrogen) atoms. The molecule has 0 nitrogen and oxygen atoms in total. The van der Waals surface area contributed by atoms with Crippen LogP contribution in [-0.4, -0.2) is 10.5 Å². The molecule has 0 radical (unpaired) electrons. The predicted molar refractivity (Wildman–Crippen MR) is 38.2 cm³/mol. The molecule has 0 fully saturated rings. The van der Waals surface area contributed by atoms with Crippen molar-refractivity contribution in [1.29, 1.82) is 0 Å². The van der Waals surface area contributed by atoms with Gasteiger partial charge < -0.3 is 0 Å². The molecule has 0 aromatic rings. The van der Waals surface area contributed by atoms with Gasteiger partial charge in [-0.25, -0.2) is 0 Å². The minimum absolute atomic E-state index is 2.32. The Balaban J connectivity index is 5.22. The average molecular weight is 294 g/mol. The van der Waals surface area contributed by atoms with Crippen LogP contribution in [-0.2, 0) is 0 Å². The van der Waals surface area contributed by atoms with E-state index >= 15 is 0 Å². The van der Waals surface area contributed by atoms with Crippen LogP contribution < -0.4 is 0 Å². The van der Waals surface area contributed by atoms with Gasteiger partial charge in [0.25, 0.3) is 0 Å². The summed E-state index contributed by atoms with van der Waals surface area (Å²) in [5.74, 6) is -7.12. The molecule has 0 atom stereocenters. The van der Waals surface area contributed by atoms with E-state index in [2.05, 4.69) is 0 Å². The number of alkyl halides is 4. The van der Waals surface area contributed by atoms with Crippen LogP contribution in [0.25, 0.3) is 0 Å². The van der Waals surface area contributed by atoms with E-state index in [1.54, 1.807) is 0 Å². The molecule has 0 saturated heterocycles. The zero-order valence-electron chi connectivity index (χ0n) is 7.19. The third-order valence-corrected chi connectivity index (χ3v) is 1.97. The van der Waals surface area contributed by atoms with Gasteiger partial charge in [-0.2, -0.15) is 43.9 Å². The first kappa shape index (κ1) is 16.1. The van der Waals surface area contributed by atoms with Gasteiger partial charge in [-0.05, 0) is 0 Å². The second-order valence-corrected chi connectivity index (χ2v) is 3.51. The minimum atomic E-state index is -5.55. The van der Waals surface area contributed by atoms with Crippen molar-refractivity contribution in [2.45, 2.75) is 10.5 Å². The summed E-state index contributed by atoms with van der Waals surface area (Å²) in [4.78, 5) is 0. The number of halogens is 10. The van der Waals surface area contributed by atoms with Crippen molar-refractivity contribution >= 4 is 11.8 Å². The van der Waals surface area contributed by atoms with Gasteiger partial charge >= 0.3 is 22.7 Å². The normalized spacial score (nSPS) is 12.4. The highest BCUT2D eigenvalue weighted by Gasteiger charge is 2.53. The molecule has 0 aliphatic carbocycles. The first-order chi connectivity index (χ1) is 7.42. The molecule has 0 saturated carbocycles. The van der Waals surface area contributed by atoms with Crippen molar-refractivity contribution in [2.24, 2.45) is 0 Å². The quantitative estimate of drug-likeness (QED) is 0.653. The fraction of sp³-hybridized carbons (Fsp3) is 0.333. The summed E-state index contributed by atoms with van der Waals surface area (Å²) in [6.45, 7) is 0. The van der Waals surface area contributed by atoms with Gasteiger partial charge in [-0.1, -0.05) is 0 Å². The first-order valence-corrected chi connectivity index (χ1v) is 4.11. The lowest BCUT2D eigenvalue weighted by molar-refractivity contribution is 0.0726. The van der Waals surface area contributed by atoms with Crippen LogP contribution in [0.1, 0.15) is 0 Å². The summed E-state index contributed by atoms with van der Waals surface area (Å²) in [7, 11) is 0. The number of thioether (sulfide) groups is 1. The van der Waals surface area contributed by atoms with Gasteiger partial charge in [0.1, 0.15) is 0 Å². The first-order valence-electron chi connectivity index (χ1n) is 3.30. The number of hydrogen-bond donors (Lipinski definition) is 0. The Morgan fingerprint density at radius 1 is 0.588 bits per heavy atom. The highest BCUT2D eigenvalue weighted by Crippen LogP contribution is 2.51. The molecule has 0 aliphatic rings. The summed E-state index contributed by atoms with van der Waals surface area (Å²) in [6, 6.07) is 0. The van der Waals surface area contributed by atoms with Gasteiger partial charge in [-0.15, -0.1) is 0 Å². The summed E-state index contributed by atoms with van der Waals surface area (Å²) >= 11 is -2.32. The zero-order valence-corrected chi connectivity index (χ0v) is 8.00. The molecule has 0 aliphatic heterocycles. The Kier molecular flexibility index (Phi) is 4.92. The van der Waals surface area contributed by atoms with Crippen molar-refractivity contribution in [2.75, 3.05) is 0 Å². The highest BCUT2D eigenvalue weighted by molar-refractivity contribution is 8.01. The maximum atomic E-state index is 12.3. The Bertz CT molecular complexity index is 314. The largest absolute Gasteiger partial charge is 0.355 e. The van der Waals surface area contributed by atoms with Crippen LogP contribution in [0.3, 0.4) is 0 Å². The summed E-state index contributed by atoms with van der Waals surface area (Å²) in [5.41, 5.74) is 0. The average Bonchev–Trinajstić information content (AvgIpc) is 2.13. The summed E-state index contributed by atoms with van der Waals surface area (Å²) in [5, 5.41) is -11.1. The van der Waals surface area contributed by atoms with Crippen molar-refractivity contribution in [1.82, 2.24) is 0 Å². The van der Waals surface area contributed by atoms with Crippen molar-refractivity contribution in [3.63, 3.8) is 0 Å². The Hall–Kier alpha value is -0.870. The molecule has 0 aromatic heterocycles. The van der Waals surface area contributed by atoms with Crippen molar-refractivity contribution in [3.8, 4) is 0 Å². The molecule has 0 amide bonds. The second kappa shape index (κ2) is 5.19. The lowest BCUT2D eigenvalue weighted by Crippen LogP contribution is -2.23. The van der Waals surface area contributed by atoms with Crippen LogP contribution in [0.15, 0.2) is 23.8 Å². The fourth-order valence-electron chi connectivity index (χ4n) is 0.471. The van der Waals surface area contributed by atoms with Gasteiger partial charge in [0.15, 0.2) is 0 Å². The van der Waals surface area contributed by atoms with E-state index in [4.69, 9.17) is 0 Å². The van der Waals surface area contributed by atoms with E-state index in [1.165, 1.54) is 0 Å². The molecule has 0 spiro atoms. The van der Waals surface area contributed by atoms with Crippen molar-refractivity contribution in [3.05, 3.63) is 23.8 Å². The molecular formula is C6F10S. The Morgan fingerprint density at radius 2 is 0.824 bits per heavy atom. The standard InChI is InChI=1S/C6F10S/c7-1(3(9)10)5(13,14)17-6(15,16)2(8)4(11)12. The van der Waals surface area contributed by atoms with Crippen LogP contribution in [0.5, 0.6) is 0 Å². The topological polar surface area (TPSA) is 0 Å². The highest BCUT2D eigenvalue weighted by atomic mass is 32.2. The predicted octanol–water partition coefficient (Wildman–Crippen LogP) is 5.06. The monoisotopic (exact) mass is 294 g/mol. The molecule has 0 bridgehead atoms. The second-order valence-electron chi connectivity index (χ2n) is 2.28. The summed E-state index contributed by atoms with van der Waals surface area (Å²) < 4.78 is 119. The number of hydrogen-bond acceptors (Lipinski definition) is 1. The van der Waals surface area contributed by atoms with Gasteiger partial charge in [0, 0.05) is 11.8 Å². The number of rotatable bonds is 4. The SMILES string of the molecule is FC(F)=C(F)C(F)(F)SC(F)(F)C(F)=C(F)F. The van der Waals surface area contributed by atoms with E-state index in [-0.39, 0.29) is 0 Å². The van der Waals surface area contributed by atoms with Crippen LogP contribution in [0.2, 0.25) is 0 Å². The lowest BCUT2D eigenvalue weighted by Gasteiger charge is -2.18. The van der Waals surface area contributed by atoms with E-state index < -0.39 is 46.1 Å². The van der Waals surface area contributed by atoms with Crippen LogP contribution in [0, 0.1) is 0 Å². The molecule has 0 rings (SSSR count). The molecule has 0 N–H and O–H groups in total. The Morgan fingerprint density at radius 3 is 1.00 bits per heavy atom. The van der Waals surface area contributed by atoms with Crippen LogP contribution in [0.4, 0.5) is 43.9 Å².